The van der Waals surface area contributed by atoms with Gasteiger partial charge in [-0.1, -0.05) is 42.0 Å². The molecule has 1 aliphatic rings. The summed E-state index contributed by atoms with van der Waals surface area (Å²) in [6.07, 6.45) is 0.358. The van der Waals surface area contributed by atoms with Gasteiger partial charge in [0.25, 0.3) is 0 Å². The molecule has 0 aliphatic carbocycles. The Morgan fingerprint density at radius 3 is 2.52 bits per heavy atom. The number of rotatable bonds is 5. The molecule has 1 fully saturated rings. The van der Waals surface area contributed by atoms with E-state index in [1.54, 1.807) is 18.4 Å². The van der Waals surface area contributed by atoms with Gasteiger partial charge >= 0.3 is 0 Å². The van der Waals surface area contributed by atoms with E-state index in [4.69, 9.17) is 4.74 Å². The van der Waals surface area contributed by atoms with E-state index in [0.29, 0.717) is 19.5 Å². The molecule has 2 heterocycles. The highest BCUT2D eigenvalue weighted by Crippen LogP contribution is 2.28. The molecule has 2 aromatic carbocycles. The molecule has 0 bridgehead atoms. The van der Waals surface area contributed by atoms with Crippen molar-refractivity contribution in [1.82, 2.24) is 9.88 Å². The third-order valence-electron chi connectivity index (χ3n) is 5.24. The lowest BCUT2D eigenvalue weighted by molar-refractivity contribution is -0.130. The number of hydrogen-bond donors (Lipinski definition) is 0. The number of anilines is 1. The fraction of sp³-hybridized carbons (Fsp3) is 0.304. The Morgan fingerprint density at radius 2 is 1.79 bits per heavy atom. The van der Waals surface area contributed by atoms with Gasteiger partial charge in [0.2, 0.25) is 5.91 Å². The number of para-hydroxylation sites is 2. The molecule has 1 aliphatic heterocycles. The topological polar surface area (TPSA) is 45.7 Å². The van der Waals surface area contributed by atoms with Gasteiger partial charge in [0.15, 0.2) is 0 Å². The van der Waals surface area contributed by atoms with Crippen LogP contribution in [0.2, 0.25) is 0 Å². The summed E-state index contributed by atoms with van der Waals surface area (Å²) in [6.45, 7) is 5.11. The normalized spacial score (nSPS) is 14.1. The number of thiazole rings is 1. The molecule has 0 radical (unpaired) electrons. The van der Waals surface area contributed by atoms with E-state index >= 15 is 0 Å². The lowest BCUT2D eigenvalue weighted by Crippen LogP contribution is -2.49. The summed E-state index contributed by atoms with van der Waals surface area (Å²) >= 11 is 1.59. The van der Waals surface area contributed by atoms with Crippen molar-refractivity contribution in [2.24, 2.45) is 0 Å². The Morgan fingerprint density at radius 1 is 1.07 bits per heavy atom. The molecule has 0 N–H and O–H groups in total. The zero-order valence-electron chi connectivity index (χ0n) is 16.8. The van der Waals surface area contributed by atoms with Crippen LogP contribution in [-0.4, -0.2) is 49.1 Å². The zero-order valence-corrected chi connectivity index (χ0v) is 17.6. The fourth-order valence-corrected chi connectivity index (χ4v) is 4.40. The average molecular weight is 408 g/mol. The summed E-state index contributed by atoms with van der Waals surface area (Å²) in [6, 6.07) is 16.4. The highest BCUT2D eigenvalue weighted by atomic mass is 32.1. The number of aromatic nitrogens is 1. The molecule has 6 heteroatoms. The molecule has 4 rings (SSSR count). The largest absolute Gasteiger partial charge is 0.495 e. The Labute approximate surface area is 175 Å². The first kappa shape index (κ1) is 19.5. The predicted molar refractivity (Wildman–Crippen MR) is 118 cm³/mol. The van der Waals surface area contributed by atoms with Gasteiger partial charge in [0, 0.05) is 37.1 Å². The second-order valence-electron chi connectivity index (χ2n) is 7.23. The van der Waals surface area contributed by atoms with Crippen molar-refractivity contribution in [1.29, 1.82) is 0 Å². The van der Waals surface area contributed by atoms with E-state index in [-0.39, 0.29) is 5.91 Å². The molecular weight excluding hydrogens is 382 g/mol. The maximum Gasteiger partial charge on any atom is 0.228 e. The van der Waals surface area contributed by atoms with Crippen LogP contribution >= 0.6 is 11.3 Å². The number of benzene rings is 2. The molecule has 0 unspecified atom stereocenters. The van der Waals surface area contributed by atoms with Crippen molar-refractivity contribution < 1.29 is 9.53 Å². The molecular formula is C23H25N3O2S. The third kappa shape index (κ3) is 4.43. The van der Waals surface area contributed by atoms with E-state index in [1.807, 2.05) is 28.5 Å². The summed E-state index contributed by atoms with van der Waals surface area (Å²) < 4.78 is 5.47. The van der Waals surface area contributed by atoms with Gasteiger partial charge in [-0.05, 0) is 19.1 Å². The average Bonchev–Trinajstić information content (AvgIpc) is 3.22. The number of carbonyl (C=O) groups is 1. The minimum absolute atomic E-state index is 0.144. The molecule has 3 aromatic rings. The maximum atomic E-state index is 12.8. The van der Waals surface area contributed by atoms with Crippen LogP contribution in [0.4, 0.5) is 5.69 Å². The highest BCUT2D eigenvalue weighted by Gasteiger charge is 2.23. The molecule has 0 saturated carbocycles. The lowest BCUT2D eigenvalue weighted by Gasteiger charge is -2.36. The van der Waals surface area contributed by atoms with Crippen LogP contribution in [0.5, 0.6) is 5.75 Å². The van der Waals surface area contributed by atoms with E-state index < -0.39 is 0 Å². The third-order valence-corrected chi connectivity index (χ3v) is 6.18. The van der Waals surface area contributed by atoms with Crippen LogP contribution in [0.1, 0.15) is 11.3 Å². The van der Waals surface area contributed by atoms with Gasteiger partial charge in [-0.25, -0.2) is 4.98 Å². The number of methoxy groups -OCH3 is 1. The molecule has 1 amide bonds. The zero-order chi connectivity index (χ0) is 20.2. The predicted octanol–water partition coefficient (Wildman–Crippen LogP) is 4.02. The number of carbonyl (C=O) groups excluding carboxylic acids is 1. The van der Waals surface area contributed by atoms with Gasteiger partial charge in [-0.3, -0.25) is 4.79 Å². The van der Waals surface area contributed by atoms with Crippen molar-refractivity contribution in [2.75, 3.05) is 38.2 Å². The van der Waals surface area contributed by atoms with Gasteiger partial charge in [0.05, 0.1) is 24.9 Å². The van der Waals surface area contributed by atoms with Crippen molar-refractivity contribution in [3.63, 3.8) is 0 Å². The van der Waals surface area contributed by atoms with Crippen LogP contribution in [-0.2, 0) is 11.2 Å². The Bertz CT molecular complexity index is 976. The lowest BCUT2D eigenvalue weighted by atomic mass is 10.2. The van der Waals surface area contributed by atoms with Gasteiger partial charge in [0.1, 0.15) is 10.8 Å². The number of amides is 1. The van der Waals surface area contributed by atoms with Crippen LogP contribution in [0, 0.1) is 6.92 Å². The molecule has 0 spiro atoms. The Hall–Kier alpha value is -2.86. The second-order valence-corrected chi connectivity index (χ2v) is 8.08. The summed E-state index contributed by atoms with van der Waals surface area (Å²) in [4.78, 5) is 21.7. The van der Waals surface area contributed by atoms with Crippen LogP contribution in [0.3, 0.4) is 0 Å². The summed E-state index contributed by atoms with van der Waals surface area (Å²) in [5, 5.41) is 2.96. The van der Waals surface area contributed by atoms with E-state index in [2.05, 4.69) is 47.1 Å². The molecule has 1 aromatic heterocycles. The van der Waals surface area contributed by atoms with E-state index in [9.17, 15) is 4.79 Å². The summed E-state index contributed by atoms with van der Waals surface area (Å²) in [5.41, 5.74) is 4.27. The first-order valence-electron chi connectivity index (χ1n) is 9.81. The Kier molecular flexibility index (Phi) is 5.81. The maximum absolute atomic E-state index is 12.8. The highest BCUT2D eigenvalue weighted by molar-refractivity contribution is 7.13. The monoisotopic (exact) mass is 407 g/mol. The summed E-state index contributed by atoms with van der Waals surface area (Å²) in [5.74, 6) is 1.02. The van der Waals surface area contributed by atoms with Crippen LogP contribution in [0.25, 0.3) is 10.6 Å². The van der Waals surface area contributed by atoms with Gasteiger partial charge in [-0.15, -0.1) is 11.3 Å². The van der Waals surface area contributed by atoms with Crippen molar-refractivity contribution in [3.05, 3.63) is 65.2 Å². The quantitative estimate of drug-likeness (QED) is 0.641. The minimum atomic E-state index is 0.144. The second kappa shape index (κ2) is 8.66. The first-order chi connectivity index (χ1) is 14.1. The number of hydrogen-bond acceptors (Lipinski definition) is 5. The van der Waals surface area contributed by atoms with Crippen LogP contribution < -0.4 is 9.64 Å². The van der Waals surface area contributed by atoms with Crippen molar-refractivity contribution >= 4 is 22.9 Å². The standard InChI is InChI=1S/C23H25N3O2S/c1-17-7-9-18(10-8-17)23-24-19(16-29-23)15-22(27)26-13-11-25(12-14-26)20-5-3-4-6-21(20)28-2/h3-10,16H,11-15H2,1-2H3. The van der Waals surface area contributed by atoms with Crippen molar-refractivity contribution in [3.8, 4) is 16.3 Å². The molecule has 0 atom stereocenters. The summed E-state index contributed by atoms with van der Waals surface area (Å²) in [7, 11) is 1.69. The number of ether oxygens (including phenoxy) is 1. The van der Waals surface area contributed by atoms with E-state index in [1.165, 1.54) is 5.56 Å². The van der Waals surface area contributed by atoms with Crippen molar-refractivity contribution in [2.45, 2.75) is 13.3 Å². The SMILES string of the molecule is COc1ccccc1N1CCN(C(=O)Cc2csc(-c3ccc(C)cc3)n2)CC1. The number of aryl methyl sites for hydroxylation is 1. The molecule has 1 saturated heterocycles. The van der Waals surface area contributed by atoms with E-state index in [0.717, 1.165) is 40.8 Å². The van der Waals surface area contributed by atoms with Gasteiger partial charge in [-0.2, -0.15) is 0 Å². The molecule has 29 heavy (non-hydrogen) atoms. The molecule has 150 valence electrons. The number of nitrogens with zero attached hydrogens (tertiary/aromatic N) is 3. The first-order valence-corrected chi connectivity index (χ1v) is 10.7. The van der Waals surface area contributed by atoms with Crippen LogP contribution in [0.15, 0.2) is 53.9 Å². The molecule has 5 nitrogen and oxygen atoms in total. The smallest absolute Gasteiger partial charge is 0.228 e. The van der Waals surface area contributed by atoms with Gasteiger partial charge < -0.3 is 14.5 Å². The minimum Gasteiger partial charge on any atom is -0.495 e. The fourth-order valence-electron chi connectivity index (χ4n) is 3.57. The Balaban J connectivity index is 1.35. The number of piperazine rings is 1.